The number of halogens is 1. The number of para-hydroxylation sites is 1. The van der Waals surface area contributed by atoms with Crippen molar-refractivity contribution in [1.82, 2.24) is 5.32 Å². The fourth-order valence-corrected chi connectivity index (χ4v) is 2.57. The lowest BCUT2D eigenvalue weighted by atomic mass is 10.3. The topological polar surface area (TPSA) is 58.2 Å². The Labute approximate surface area is 128 Å². The molecular weight excluding hydrogens is 375 g/mol. The van der Waals surface area contributed by atoms with Crippen molar-refractivity contribution in [2.24, 2.45) is 0 Å². The zero-order valence-electron chi connectivity index (χ0n) is 9.85. The van der Waals surface area contributed by atoms with Crippen LogP contribution in [0.2, 0.25) is 0 Å². The van der Waals surface area contributed by atoms with Crippen LogP contribution in [0.15, 0.2) is 41.8 Å². The van der Waals surface area contributed by atoms with Crippen LogP contribution in [0.25, 0.3) is 0 Å². The molecule has 98 valence electrons. The molecular formula is C13H11IN2O2S. The highest BCUT2D eigenvalue weighted by atomic mass is 127. The van der Waals surface area contributed by atoms with Gasteiger partial charge in [0.15, 0.2) is 0 Å². The van der Waals surface area contributed by atoms with Gasteiger partial charge < -0.3 is 10.6 Å². The number of amides is 2. The van der Waals surface area contributed by atoms with Crippen LogP contribution in [0.5, 0.6) is 0 Å². The number of rotatable bonds is 4. The number of carbonyl (C=O) groups is 2. The van der Waals surface area contributed by atoms with E-state index in [9.17, 15) is 9.59 Å². The van der Waals surface area contributed by atoms with Crippen LogP contribution in [0, 0.1) is 3.57 Å². The molecule has 1 aromatic heterocycles. The smallest absolute Gasteiger partial charge is 0.261 e. The summed E-state index contributed by atoms with van der Waals surface area (Å²) < 4.78 is 0.957. The highest BCUT2D eigenvalue weighted by molar-refractivity contribution is 14.1. The summed E-state index contributed by atoms with van der Waals surface area (Å²) in [5, 5.41) is 7.16. The average Bonchev–Trinajstić information content (AvgIpc) is 2.93. The van der Waals surface area contributed by atoms with Crippen molar-refractivity contribution < 1.29 is 9.59 Å². The van der Waals surface area contributed by atoms with E-state index < -0.39 is 0 Å². The molecule has 2 N–H and O–H groups in total. The first kappa shape index (κ1) is 14.0. The summed E-state index contributed by atoms with van der Waals surface area (Å²) in [7, 11) is 0. The predicted octanol–water partition coefficient (Wildman–Crippen LogP) is 2.72. The lowest BCUT2D eigenvalue weighted by molar-refractivity contribution is -0.115. The first-order valence-electron chi connectivity index (χ1n) is 5.53. The minimum Gasteiger partial charge on any atom is -0.342 e. The molecule has 0 spiro atoms. The molecule has 0 bridgehead atoms. The monoisotopic (exact) mass is 386 g/mol. The SMILES string of the molecule is O=C(CNC(=O)c1cccs1)Nc1ccccc1I. The van der Waals surface area contributed by atoms with Gasteiger partial charge in [-0.1, -0.05) is 18.2 Å². The third kappa shape index (κ3) is 4.03. The normalized spacial score (nSPS) is 9.95. The summed E-state index contributed by atoms with van der Waals surface area (Å²) in [5.74, 6) is -0.470. The van der Waals surface area contributed by atoms with Crippen LogP contribution in [-0.2, 0) is 4.79 Å². The molecule has 0 saturated heterocycles. The molecule has 0 saturated carbocycles. The van der Waals surface area contributed by atoms with Crippen molar-refractivity contribution >= 4 is 51.4 Å². The zero-order valence-corrected chi connectivity index (χ0v) is 12.8. The zero-order chi connectivity index (χ0) is 13.7. The van der Waals surface area contributed by atoms with E-state index in [1.54, 1.807) is 12.1 Å². The molecule has 0 atom stereocenters. The summed E-state index contributed by atoms with van der Waals surface area (Å²) in [6, 6.07) is 11.0. The average molecular weight is 386 g/mol. The van der Waals surface area contributed by atoms with Crippen molar-refractivity contribution in [1.29, 1.82) is 0 Å². The Morgan fingerprint density at radius 2 is 1.95 bits per heavy atom. The highest BCUT2D eigenvalue weighted by Gasteiger charge is 2.09. The van der Waals surface area contributed by atoms with E-state index in [2.05, 4.69) is 33.2 Å². The van der Waals surface area contributed by atoms with E-state index in [1.807, 2.05) is 29.6 Å². The molecule has 1 aromatic carbocycles. The number of anilines is 1. The molecule has 0 aliphatic carbocycles. The number of nitrogens with one attached hydrogen (secondary N) is 2. The van der Waals surface area contributed by atoms with Crippen LogP contribution in [0.4, 0.5) is 5.69 Å². The van der Waals surface area contributed by atoms with Crippen LogP contribution in [0.3, 0.4) is 0 Å². The van der Waals surface area contributed by atoms with Crippen molar-refractivity contribution in [3.05, 3.63) is 50.2 Å². The Morgan fingerprint density at radius 1 is 1.16 bits per heavy atom. The Hall–Kier alpha value is -1.41. The second-order valence-electron chi connectivity index (χ2n) is 3.69. The molecule has 0 aliphatic heterocycles. The van der Waals surface area contributed by atoms with Crippen LogP contribution in [0.1, 0.15) is 9.67 Å². The van der Waals surface area contributed by atoms with Crippen LogP contribution < -0.4 is 10.6 Å². The Bertz CT molecular complexity index is 584. The molecule has 0 unspecified atom stereocenters. The van der Waals surface area contributed by atoms with Crippen LogP contribution in [-0.4, -0.2) is 18.4 Å². The Morgan fingerprint density at radius 3 is 2.63 bits per heavy atom. The van der Waals surface area contributed by atoms with Crippen molar-refractivity contribution in [2.75, 3.05) is 11.9 Å². The standard InChI is InChI=1S/C13H11IN2O2S/c14-9-4-1-2-5-10(9)16-12(17)8-15-13(18)11-6-3-7-19-11/h1-7H,8H2,(H,15,18)(H,16,17). The third-order valence-corrected chi connectivity index (χ3v) is 4.11. The maximum atomic E-state index is 11.7. The van der Waals surface area contributed by atoms with Gasteiger partial charge in [0.1, 0.15) is 0 Å². The number of carbonyl (C=O) groups excluding carboxylic acids is 2. The van der Waals surface area contributed by atoms with Crippen molar-refractivity contribution in [3.63, 3.8) is 0 Å². The third-order valence-electron chi connectivity index (χ3n) is 2.30. The van der Waals surface area contributed by atoms with E-state index in [0.717, 1.165) is 9.26 Å². The van der Waals surface area contributed by atoms with Gasteiger partial charge >= 0.3 is 0 Å². The van der Waals surface area contributed by atoms with Gasteiger partial charge in [-0.15, -0.1) is 11.3 Å². The molecule has 0 radical (unpaired) electrons. The molecule has 2 rings (SSSR count). The first-order chi connectivity index (χ1) is 9.16. The van der Waals surface area contributed by atoms with E-state index in [1.165, 1.54) is 11.3 Å². The van der Waals surface area contributed by atoms with Gasteiger partial charge in [-0.3, -0.25) is 9.59 Å². The van der Waals surface area contributed by atoms with Gasteiger partial charge in [0.2, 0.25) is 5.91 Å². The number of benzene rings is 1. The maximum Gasteiger partial charge on any atom is 0.261 e. The molecule has 2 amide bonds. The molecule has 19 heavy (non-hydrogen) atoms. The largest absolute Gasteiger partial charge is 0.342 e. The lowest BCUT2D eigenvalue weighted by Gasteiger charge is -2.07. The molecule has 0 fully saturated rings. The van der Waals surface area contributed by atoms with Crippen LogP contribution >= 0.6 is 33.9 Å². The number of hydrogen-bond donors (Lipinski definition) is 2. The number of hydrogen-bond acceptors (Lipinski definition) is 3. The van der Waals surface area contributed by atoms with E-state index in [-0.39, 0.29) is 18.4 Å². The quantitative estimate of drug-likeness (QED) is 0.794. The summed E-state index contributed by atoms with van der Waals surface area (Å²) in [6.07, 6.45) is 0. The fraction of sp³-hybridized carbons (Fsp3) is 0.0769. The van der Waals surface area contributed by atoms with Crippen molar-refractivity contribution in [3.8, 4) is 0 Å². The number of thiophene rings is 1. The van der Waals surface area contributed by atoms with E-state index in [4.69, 9.17) is 0 Å². The van der Waals surface area contributed by atoms with Gasteiger partial charge in [-0.25, -0.2) is 0 Å². The fourth-order valence-electron chi connectivity index (χ4n) is 1.41. The molecule has 0 aliphatic rings. The summed E-state index contributed by atoms with van der Waals surface area (Å²) in [6.45, 7) is -0.0400. The molecule has 4 nitrogen and oxygen atoms in total. The van der Waals surface area contributed by atoms with E-state index in [0.29, 0.717) is 4.88 Å². The minimum atomic E-state index is -0.242. The Kier molecular flexibility index (Phi) is 4.92. The van der Waals surface area contributed by atoms with Gasteiger partial charge in [0, 0.05) is 3.57 Å². The minimum absolute atomic E-state index is 0.0400. The van der Waals surface area contributed by atoms with E-state index >= 15 is 0 Å². The molecule has 6 heteroatoms. The second kappa shape index (κ2) is 6.67. The highest BCUT2D eigenvalue weighted by Crippen LogP contribution is 2.16. The lowest BCUT2D eigenvalue weighted by Crippen LogP contribution is -2.32. The van der Waals surface area contributed by atoms with Gasteiger partial charge in [-0.2, -0.15) is 0 Å². The second-order valence-corrected chi connectivity index (χ2v) is 5.80. The summed E-state index contributed by atoms with van der Waals surface area (Å²) in [5.41, 5.74) is 0.749. The summed E-state index contributed by atoms with van der Waals surface area (Å²) in [4.78, 5) is 24.0. The first-order valence-corrected chi connectivity index (χ1v) is 7.49. The Balaban J connectivity index is 1.86. The summed E-state index contributed by atoms with van der Waals surface area (Å²) >= 11 is 3.49. The maximum absolute atomic E-state index is 11.7. The molecule has 2 aromatic rings. The van der Waals surface area contributed by atoms with Gasteiger partial charge in [0.25, 0.3) is 5.91 Å². The molecule has 1 heterocycles. The van der Waals surface area contributed by atoms with Gasteiger partial charge in [-0.05, 0) is 46.2 Å². The van der Waals surface area contributed by atoms with Gasteiger partial charge in [0.05, 0.1) is 17.1 Å². The predicted molar refractivity (Wildman–Crippen MR) is 84.4 cm³/mol. The van der Waals surface area contributed by atoms with Crippen molar-refractivity contribution in [2.45, 2.75) is 0 Å².